The number of amides is 1. The monoisotopic (exact) mass is 714 g/mol. The topological polar surface area (TPSA) is 134 Å². The summed E-state index contributed by atoms with van der Waals surface area (Å²) in [6.45, 7) is 9.02. The van der Waals surface area contributed by atoms with Crippen LogP contribution in [0.4, 0.5) is 0 Å². The van der Waals surface area contributed by atoms with Crippen LogP contribution in [0.5, 0.6) is 0 Å². The first-order chi connectivity index (χ1) is 25.3. The molecule has 1 aliphatic heterocycles. The lowest BCUT2D eigenvalue weighted by atomic mass is 9.69. The van der Waals surface area contributed by atoms with Crippen LogP contribution in [-0.2, 0) is 23.1 Å². The maximum atomic E-state index is 13.8. The van der Waals surface area contributed by atoms with Gasteiger partial charge in [-0.1, -0.05) is 61.5 Å². The first kappa shape index (κ1) is 36.3. The summed E-state index contributed by atoms with van der Waals surface area (Å²) < 4.78 is 1.42. The number of rotatable bonds is 11. The molecule has 2 heterocycles. The van der Waals surface area contributed by atoms with Crippen molar-refractivity contribution in [3.05, 3.63) is 122 Å². The Morgan fingerprint density at radius 1 is 1.09 bits per heavy atom. The van der Waals surface area contributed by atoms with Gasteiger partial charge in [0.1, 0.15) is 18.1 Å². The molecule has 6 atom stereocenters. The number of benzene rings is 3. The number of aliphatic hydroxyl groups excluding tert-OH is 1. The highest BCUT2D eigenvalue weighted by molar-refractivity contribution is 5.80. The molecular formula is C42H50N8O3. The minimum atomic E-state index is -0.940. The zero-order valence-corrected chi connectivity index (χ0v) is 31.6. The van der Waals surface area contributed by atoms with E-state index in [2.05, 4.69) is 60.2 Å². The SMILES string of the molecule is C=C(c1ccc2c(c1)CCc1cc(C(O)N(C)C)ccc1C2(CCNCC(=O)N1C(C#N)C[C@@H]2[C@H](C)[C@@H]21)c1nn(-c2ccc(C)cc2)c(=O)[nH]1)N(C)C. The summed E-state index contributed by atoms with van der Waals surface area (Å²) in [7, 11) is 7.64. The molecule has 11 nitrogen and oxygen atoms in total. The number of likely N-dealkylation sites (tertiary alicyclic amines) is 1. The molecule has 3 aliphatic rings. The smallest absolute Gasteiger partial charge is 0.348 e. The third-order valence-electron chi connectivity index (χ3n) is 11.8. The Bertz CT molecular complexity index is 2140. The second kappa shape index (κ2) is 14.1. The number of hydrogen-bond acceptors (Lipinski definition) is 8. The average Bonchev–Trinajstić information content (AvgIpc) is 3.43. The van der Waals surface area contributed by atoms with Crippen LogP contribution in [-0.4, -0.2) is 93.8 Å². The number of nitrogens with zero attached hydrogens (tertiary/aromatic N) is 6. The van der Waals surface area contributed by atoms with Crippen LogP contribution < -0.4 is 11.0 Å². The van der Waals surface area contributed by atoms with E-state index in [1.54, 1.807) is 9.80 Å². The molecule has 1 saturated heterocycles. The van der Waals surface area contributed by atoms with Gasteiger partial charge in [0.15, 0.2) is 0 Å². The summed E-state index contributed by atoms with van der Waals surface area (Å²) in [6, 6.07) is 22.3. The third-order valence-corrected chi connectivity index (χ3v) is 11.8. The third kappa shape index (κ3) is 6.39. The van der Waals surface area contributed by atoms with Gasteiger partial charge in [0.05, 0.1) is 23.7 Å². The Kier molecular flexibility index (Phi) is 9.66. The van der Waals surface area contributed by atoms with Crippen LogP contribution in [0.25, 0.3) is 11.4 Å². The molecule has 1 amide bonds. The fraction of sp³-hybridized carbons (Fsp3) is 0.429. The number of carbonyl (C=O) groups excluding carboxylic acids is 1. The molecule has 4 aromatic rings. The lowest BCUT2D eigenvalue weighted by Gasteiger charge is -2.35. The van der Waals surface area contributed by atoms with E-state index in [-0.39, 0.29) is 30.2 Å². The van der Waals surface area contributed by atoms with E-state index >= 15 is 0 Å². The van der Waals surface area contributed by atoms with E-state index < -0.39 is 11.6 Å². The number of aromatic amines is 1. The minimum absolute atomic E-state index is 0.0599. The summed E-state index contributed by atoms with van der Waals surface area (Å²) >= 11 is 0. The standard InChI is InChI=1S/C42H50N8O3/c1-25-8-14-32(15-9-25)50-41(53)45-40(46-50)42(18-19-44-24-37(51)49-33(23-43)22-34-26(2)38(34)49)35-16-12-28(27(3)47(4)5)20-29(35)10-11-30-21-31(13-17-36(30)42)39(52)48(6)7/h8-9,12-17,20-21,26,33-34,38-39,44,52H,3,10-11,18-19,22,24H2,1-2,4-7H3,(H,45,46,53)/t26-,33?,34+,38-,39?,42?/m0/s1. The molecule has 3 unspecified atom stereocenters. The molecule has 1 aromatic heterocycles. The van der Waals surface area contributed by atoms with Crippen LogP contribution in [0.1, 0.15) is 70.8 Å². The van der Waals surface area contributed by atoms with Crippen LogP contribution in [0.15, 0.2) is 72.0 Å². The van der Waals surface area contributed by atoms with Crippen molar-refractivity contribution < 1.29 is 9.90 Å². The fourth-order valence-electron chi connectivity index (χ4n) is 8.72. The maximum absolute atomic E-state index is 13.8. The largest absolute Gasteiger partial charge is 0.378 e. The first-order valence-corrected chi connectivity index (χ1v) is 18.5. The summed E-state index contributed by atoms with van der Waals surface area (Å²) in [6.07, 6.45) is 1.85. The van der Waals surface area contributed by atoms with E-state index in [0.29, 0.717) is 42.7 Å². The summed E-state index contributed by atoms with van der Waals surface area (Å²) in [5.41, 5.74) is 7.29. The molecule has 0 radical (unpaired) electrons. The molecule has 3 N–H and O–H groups in total. The number of hydrogen-bond donors (Lipinski definition) is 3. The van der Waals surface area contributed by atoms with Crippen LogP contribution in [0.2, 0.25) is 0 Å². The summed E-state index contributed by atoms with van der Waals surface area (Å²) in [5.74, 6) is 1.28. The van der Waals surface area contributed by atoms with Gasteiger partial charge in [-0.2, -0.15) is 9.94 Å². The van der Waals surface area contributed by atoms with E-state index in [0.717, 1.165) is 57.5 Å². The van der Waals surface area contributed by atoms with E-state index in [1.807, 2.05) is 70.3 Å². The molecule has 11 heteroatoms. The number of H-pyrrole nitrogens is 1. The molecule has 7 rings (SSSR count). The molecule has 1 saturated carbocycles. The van der Waals surface area contributed by atoms with Crippen molar-refractivity contribution in [3.63, 3.8) is 0 Å². The minimum Gasteiger partial charge on any atom is -0.378 e. The molecule has 2 fully saturated rings. The van der Waals surface area contributed by atoms with Crippen LogP contribution in [0, 0.1) is 30.1 Å². The summed E-state index contributed by atoms with van der Waals surface area (Å²) in [4.78, 5) is 36.2. The fourth-order valence-corrected chi connectivity index (χ4v) is 8.72. The average molecular weight is 715 g/mol. The van der Waals surface area contributed by atoms with E-state index in [1.165, 1.54) is 4.68 Å². The van der Waals surface area contributed by atoms with Crippen molar-refractivity contribution in [1.82, 2.24) is 34.8 Å². The number of piperidine rings is 1. The molecular weight excluding hydrogens is 665 g/mol. The van der Waals surface area contributed by atoms with Crippen molar-refractivity contribution in [3.8, 4) is 11.8 Å². The Labute approximate surface area is 311 Å². The number of aromatic nitrogens is 3. The van der Waals surface area contributed by atoms with Gasteiger partial charge in [0.2, 0.25) is 5.91 Å². The number of aryl methyl sites for hydroxylation is 3. The van der Waals surface area contributed by atoms with Gasteiger partial charge in [-0.15, -0.1) is 5.10 Å². The van der Waals surface area contributed by atoms with Crippen LogP contribution in [0.3, 0.4) is 0 Å². The van der Waals surface area contributed by atoms with E-state index in [4.69, 9.17) is 5.10 Å². The van der Waals surface area contributed by atoms with Crippen molar-refractivity contribution in [1.29, 1.82) is 5.26 Å². The van der Waals surface area contributed by atoms with Gasteiger partial charge in [0, 0.05) is 25.8 Å². The van der Waals surface area contributed by atoms with Gasteiger partial charge in [-0.05, 0) is 117 Å². The highest BCUT2D eigenvalue weighted by Crippen LogP contribution is 2.53. The quantitative estimate of drug-likeness (QED) is 0.156. The highest BCUT2D eigenvalue weighted by atomic mass is 16.3. The number of fused-ring (bicyclic) bond motifs is 3. The van der Waals surface area contributed by atoms with Gasteiger partial charge in [-0.25, -0.2) is 4.79 Å². The molecule has 276 valence electrons. The van der Waals surface area contributed by atoms with Gasteiger partial charge >= 0.3 is 5.69 Å². The van der Waals surface area contributed by atoms with Gasteiger partial charge < -0.3 is 20.2 Å². The Hall–Kier alpha value is -5.02. The molecule has 3 aromatic carbocycles. The predicted octanol–water partition coefficient (Wildman–Crippen LogP) is 4.13. The lowest BCUT2D eigenvalue weighted by Crippen LogP contribution is -2.44. The molecule has 0 bridgehead atoms. The first-order valence-electron chi connectivity index (χ1n) is 18.5. The van der Waals surface area contributed by atoms with E-state index in [9.17, 15) is 20.0 Å². The predicted molar refractivity (Wildman–Crippen MR) is 205 cm³/mol. The Balaban J connectivity index is 1.35. The molecule has 0 spiro atoms. The van der Waals surface area contributed by atoms with Gasteiger partial charge in [0.25, 0.3) is 0 Å². The second-order valence-corrected chi connectivity index (χ2v) is 15.5. The summed E-state index contributed by atoms with van der Waals surface area (Å²) in [5, 5.41) is 29.4. The zero-order valence-electron chi connectivity index (χ0n) is 31.6. The zero-order chi connectivity index (χ0) is 37.8. The number of nitriles is 1. The Morgan fingerprint density at radius 2 is 1.77 bits per heavy atom. The number of carbonyl (C=O) groups is 1. The second-order valence-electron chi connectivity index (χ2n) is 15.5. The normalized spacial score (nSPS) is 23.4. The number of nitrogens with one attached hydrogen (secondary N) is 2. The van der Waals surface area contributed by atoms with Crippen LogP contribution >= 0.6 is 0 Å². The van der Waals surface area contributed by atoms with Gasteiger partial charge in [-0.3, -0.25) is 14.7 Å². The van der Waals surface area contributed by atoms with Crippen molar-refractivity contribution in [2.45, 2.75) is 63.3 Å². The van der Waals surface area contributed by atoms with Crippen molar-refractivity contribution in [2.75, 3.05) is 41.3 Å². The van der Waals surface area contributed by atoms with Crippen molar-refractivity contribution in [2.24, 2.45) is 11.8 Å². The lowest BCUT2D eigenvalue weighted by molar-refractivity contribution is -0.131. The molecule has 53 heavy (non-hydrogen) atoms. The Morgan fingerprint density at radius 3 is 2.43 bits per heavy atom. The molecule has 2 aliphatic carbocycles. The number of aliphatic hydroxyl groups is 1. The highest BCUT2D eigenvalue weighted by Gasteiger charge is 2.60. The van der Waals surface area contributed by atoms with Crippen molar-refractivity contribution >= 4 is 11.6 Å². The maximum Gasteiger partial charge on any atom is 0.348 e.